The SMILES string of the molecule is CCNC(=O)c1cccc(CNc2ncccc2C(=O)NC)c1. The van der Waals surface area contributed by atoms with Gasteiger partial charge in [0.1, 0.15) is 5.82 Å². The maximum atomic E-state index is 11.9. The molecule has 0 spiro atoms. The van der Waals surface area contributed by atoms with Crippen LogP contribution >= 0.6 is 0 Å². The summed E-state index contributed by atoms with van der Waals surface area (Å²) < 4.78 is 0. The highest BCUT2D eigenvalue weighted by atomic mass is 16.2. The lowest BCUT2D eigenvalue weighted by molar-refractivity contribution is 0.0950. The second-order valence-corrected chi connectivity index (χ2v) is 4.89. The van der Waals surface area contributed by atoms with E-state index in [1.807, 2.05) is 25.1 Å². The number of nitrogens with zero attached hydrogens (tertiary/aromatic N) is 1. The van der Waals surface area contributed by atoms with Gasteiger partial charge in [-0.2, -0.15) is 0 Å². The van der Waals surface area contributed by atoms with E-state index in [1.54, 1.807) is 31.4 Å². The van der Waals surface area contributed by atoms with E-state index >= 15 is 0 Å². The Bertz CT molecular complexity index is 700. The van der Waals surface area contributed by atoms with Crippen LogP contribution in [0.15, 0.2) is 42.6 Å². The van der Waals surface area contributed by atoms with Gasteiger partial charge in [-0.25, -0.2) is 4.98 Å². The van der Waals surface area contributed by atoms with Gasteiger partial charge in [0, 0.05) is 31.9 Å². The molecule has 2 rings (SSSR count). The Hall–Kier alpha value is -2.89. The number of carbonyl (C=O) groups excluding carboxylic acids is 2. The van der Waals surface area contributed by atoms with Crippen LogP contribution < -0.4 is 16.0 Å². The molecule has 23 heavy (non-hydrogen) atoms. The second-order valence-electron chi connectivity index (χ2n) is 4.89. The number of anilines is 1. The Morgan fingerprint density at radius 3 is 2.70 bits per heavy atom. The smallest absolute Gasteiger partial charge is 0.254 e. The van der Waals surface area contributed by atoms with Gasteiger partial charge in [0.25, 0.3) is 11.8 Å². The van der Waals surface area contributed by atoms with E-state index in [9.17, 15) is 9.59 Å². The van der Waals surface area contributed by atoms with Crippen LogP contribution in [-0.2, 0) is 6.54 Å². The first kappa shape index (κ1) is 16.5. The molecule has 0 radical (unpaired) electrons. The highest BCUT2D eigenvalue weighted by molar-refractivity contribution is 5.98. The first-order valence-electron chi connectivity index (χ1n) is 7.43. The number of nitrogens with one attached hydrogen (secondary N) is 3. The number of hydrogen-bond acceptors (Lipinski definition) is 4. The van der Waals surface area contributed by atoms with E-state index in [0.717, 1.165) is 5.56 Å². The van der Waals surface area contributed by atoms with Crippen molar-refractivity contribution in [3.8, 4) is 0 Å². The molecule has 0 fully saturated rings. The van der Waals surface area contributed by atoms with Crippen LogP contribution in [0, 0.1) is 0 Å². The minimum atomic E-state index is -0.198. The Balaban J connectivity index is 2.11. The Labute approximate surface area is 135 Å². The summed E-state index contributed by atoms with van der Waals surface area (Å²) in [6.45, 7) is 2.93. The summed E-state index contributed by atoms with van der Waals surface area (Å²) in [5, 5.41) is 8.50. The van der Waals surface area contributed by atoms with Gasteiger partial charge in [-0.3, -0.25) is 9.59 Å². The summed E-state index contributed by atoms with van der Waals surface area (Å²) in [7, 11) is 1.58. The second kappa shape index (κ2) is 7.93. The minimum absolute atomic E-state index is 0.0989. The molecular formula is C17H20N4O2. The molecule has 0 atom stereocenters. The molecule has 6 nitrogen and oxygen atoms in total. The van der Waals surface area contributed by atoms with Gasteiger partial charge in [-0.1, -0.05) is 12.1 Å². The fourth-order valence-electron chi connectivity index (χ4n) is 2.14. The van der Waals surface area contributed by atoms with Gasteiger partial charge in [0.15, 0.2) is 0 Å². The van der Waals surface area contributed by atoms with Gasteiger partial charge in [0.05, 0.1) is 5.56 Å². The predicted octanol–water partition coefficient (Wildman–Crippen LogP) is 1.80. The first-order valence-corrected chi connectivity index (χ1v) is 7.43. The Kier molecular flexibility index (Phi) is 5.68. The van der Waals surface area contributed by atoms with Crippen molar-refractivity contribution >= 4 is 17.6 Å². The summed E-state index contributed by atoms with van der Waals surface area (Å²) in [5.41, 5.74) is 2.02. The predicted molar refractivity (Wildman–Crippen MR) is 89.4 cm³/mol. The molecule has 2 amide bonds. The largest absolute Gasteiger partial charge is 0.365 e. The zero-order chi connectivity index (χ0) is 16.7. The van der Waals surface area contributed by atoms with E-state index in [-0.39, 0.29) is 11.8 Å². The molecule has 1 heterocycles. The van der Waals surface area contributed by atoms with Crippen LogP contribution in [0.4, 0.5) is 5.82 Å². The highest BCUT2D eigenvalue weighted by Gasteiger charge is 2.10. The zero-order valence-electron chi connectivity index (χ0n) is 13.2. The van der Waals surface area contributed by atoms with Crippen LogP contribution in [0.2, 0.25) is 0 Å². The maximum absolute atomic E-state index is 11.9. The molecule has 0 aliphatic carbocycles. The van der Waals surface area contributed by atoms with E-state index < -0.39 is 0 Å². The average Bonchev–Trinajstić information content (AvgIpc) is 2.60. The lowest BCUT2D eigenvalue weighted by Gasteiger charge is -2.10. The lowest BCUT2D eigenvalue weighted by atomic mass is 10.1. The minimum Gasteiger partial charge on any atom is -0.365 e. The Morgan fingerprint density at radius 1 is 1.13 bits per heavy atom. The van der Waals surface area contributed by atoms with Crippen LogP contribution in [0.5, 0.6) is 0 Å². The zero-order valence-corrected chi connectivity index (χ0v) is 13.2. The monoisotopic (exact) mass is 312 g/mol. The fourth-order valence-corrected chi connectivity index (χ4v) is 2.14. The quantitative estimate of drug-likeness (QED) is 0.759. The average molecular weight is 312 g/mol. The third-order valence-corrected chi connectivity index (χ3v) is 3.27. The van der Waals surface area contributed by atoms with E-state index in [2.05, 4.69) is 20.9 Å². The molecule has 3 N–H and O–H groups in total. The normalized spacial score (nSPS) is 10.0. The summed E-state index contributed by atoms with van der Waals surface area (Å²) in [6, 6.07) is 10.8. The summed E-state index contributed by atoms with van der Waals surface area (Å²) in [6.07, 6.45) is 1.62. The summed E-state index contributed by atoms with van der Waals surface area (Å²) in [4.78, 5) is 27.9. The van der Waals surface area contributed by atoms with Crippen molar-refractivity contribution in [1.82, 2.24) is 15.6 Å². The van der Waals surface area contributed by atoms with Gasteiger partial charge < -0.3 is 16.0 Å². The molecule has 2 aromatic rings. The van der Waals surface area contributed by atoms with E-state index in [1.165, 1.54) is 0 Å². The van der Waals surface area contributed by atoms with Crippen molar-refractivity contribution in [1.29, 1.82) is 0 Å². The van der Waals surface area contributed by atoms with Crippen molar-refractivity contribution in [2.24, 2.45) is 0 Å². The van der Waals surface area contributed by atoms with Gasteiger partial charge >= 0.3 is 0 Å². The number of aromatic nitrogens is 1. The Morgan fingerprint density at radius 2 is 1.96 bits per heavy atom. The highest BCUT2D eigenvalue weighted by Crippen LogP contribution is 2.13. The molecule has 0 bridgehead atoms. The van der Waals surface area contributed by atoms with Crippen LogP contribution in [0.1, 0.15) is 33.2 Å². The number of pyridine rings is 1. The van der Waals surface area contributed by atoms with Crippen molar-refractivity contribution in [3.05, 3.63) is 59.3 Å². The molecule has 0 aliphatic rings. The molecule has 0 unspecified atom stereocenters. The van der Waals surface area contributed by atoms with Crippen molar-refractivity contribution in [2.75, 3.05) is 18.9 Å². The van der Waals surface area contributed by atoms with E-state index in [0.29, 0.717) is 30.0 Å². The van der Waals surface area contributed by atoms with Crippen molar-refractivity contribution < 1.29 is 9.59 Å². The first-order chi connectivity index (χ1) is 11.2. The van der Waals surface area contributed by atoms with Crippen LogP contribution in [0.25, 0.3) is 0 Å². The molecule has 0 saturated heterocycles. The van der Waals surface area contributed by atoms with Crippen molar-refractivity contribution in [2.45, 2.75) is 13.5 Å². The van der Waals surface area contributed by atoms with Gasteiger partial charge in [-0.15, -0.1) is 0 Å². The number of carbonyl (C=O) groups is 2. The number of rotatable bonds is 6. The third-order valence-electron chi connectivity index (χ3n) is 3.27. The van der Waals surface area contributed by atoms with Crippen molar-refractivity contribution in [3.63, 3.8) is 0 Å². The van der Waals surface area contributed by atoms with Gasteiger partial charge in [0.2, 0.25) is 0 Å². The number of hydrogen-bond donors (Lipinski definition) is 3. The molecule has 0 aliphatic heterocycles. The lowest BCUT2D eigenvalue weighted by Crippen LogP contribution is -2.22. The van der Waals surface area contributed by atoms with Crippen LogP contribution in [0.3, 0.4) is 0 Å². The standard InChI is InChI=1S/C17H20N4O2/c1-3-19-16(22)13-7-4-6-12(10-13)11-21-15-14(17(23)18-2)8-5-9-20-15/h4-10H,3,11H2,1-2H3,(H,18,23)(H,19,22)(H,20,21). The third kappa shape index (κ3) is 4.29. The van der Waals surface area contributed by atoms with E-state index in [4.69, 9.17) is 0 Å². The fraction of sp³-hybridized carbons (Fsp3) is 0.235. The number of amides is 2. The molecule has 1 aromatic heterocycles. The maximum Gasteiger partial charge on any atom is 0.254 e. The molecule has 120 valence electrons. The topological polar surface area (TPSA) is 83.1 Å². The molecule has 6 heteroatoms. The molecular weight excluding hydrogens is 292 g/mol. The molecule has 0 saturated carbocycles. The summed E-state index contributed by atoms with van der Waals surface area (Å²) >= 11 is 0. The summed E-state index contributed by atoms with van der Waals surface area (Å²) in [5.74, 6) is 0.213. The number of benzene rings is 1. The molecule has 1 aromatic carbocycles. The van der Waals surface area contributed by atoms with Gasteiger partial charge in [-0.05, 0) is 36.8 Å². The van der Waals surface area contributed by atoms with Crippen LogP contribution in [-0.4, -0.2) is 30.4 Å².